The number of nitrogens with zero attached hydrogens (tertiary/aromatic N) is 1. The minimum Gasteiger partial charge on any atom is -0.301 e. The zero-order valence-corrected chi connectivity index (χ0v) is 10.2. The minimum absolute atomic E-state index is 0.578. The molecule has 1 heteroatoms. The Bertz CT molecular complexity index is 122. The summed E-state index contributed by atoms with van der Waals surface area (Å²) in [4.78, 5) is 2.57. The van der Waals surface area contributed by atoms with Crippen LogP contribution in [0, 0.1) is 0 Å². The predicted molar refractivity (Wildman–Crippen MR) is 61.1 cm³/mol. The Morgan fingerprint density at radius 1 is 1.23 bits per heavy atom. The Morgan fingerprint density at radius 3 is 2.15 bits per heavy atom. The van der Waals surface area contributed by atoms with Crippen LogP contribution in [0.2, 0.25) is 0 Å². The van der Waals surface area contributed by atoms with Gasteiger partial charge in [-0.3, -0.25) is 0 Å². The first-order valence-corrected chi connectivity index (χ1v) is 5.96. The third kappa shape index (κ3) is 2.98. The van der Waals surface area contributed by atoms with Crippen LogP contribution in [0.4, 0.5) is 0 Å². The molecule has 0 aromatic heterocycles. The maximum Gasteiger partial charge on any atom is 0.0204 e. The summed E-state index contributed by atoms with van der Waals surface area (Å²) >= 11 is 0. The monoisotopic (exact) mass is 185 g/mol. The van der Waals surface area contributed by atoms with Gasteiger partial charge in [0.1, 0.15) is 0 Å². The van der Waals surface area contributed by atoms with E-state index in [1.54, 1.807) is 0 Å². The Morgan fingerprint density at radius 2 is 1.85 bits per heavy atom. The van der Waals surface area contributed by atoms with Gasteiger partial charge in [-0.2, -0.15) is 0 Å². The molecule has 1 heterocycles. The van der Waals surface area contributed by atoms with E-state index in [0.29, 0.717) is 5.54 Å². The van der Waals surface area contributed by atoms with Crippen molar-refractivity contribution in [3.8, 4) is 0 Å². The van der Waals surface area contributed by atoms with Gasteiger partial charge in [-0.05, 0) is 39.3 Å². The summed E-state index contributed by atoms with van der Waals surface area (Å²) in [6.07, 6.45) is 6.88. The van der Waals surface area contributed by atoms with Crippen LogP contribution < -0.4 is 0 Å². The van der Waals surface area contributed by atoms with Crippen LogP contribution in [0.1, 0.15) is 59.8 Å². The summed E-state index contributed by atoms with van der Waals surface area (Å²) < 4.78 is 0. The molecule has 0 aromatic carbocycles. The number of likely N-dealkylation sites (tertiary alicyclic amines) is 1. The third-order valence-electron chi connectivity index (χ3n) is 3.32. The second kappa shape index (κ2) is 6.42. The van der Waals surface area contributed by atoms with Gasteiger partial charge in [0.2, 0.25) is 0 Å². The molecule has 0 spiro atoms. The number of hydrogen-bond donors (Lipinski definition) is 0. The van der Waals surface area contributed by atoms with Crippen molar-refractivity contribution < 1.29 is 0 Å². The van der Waals surface area contributed by atoms with E-state index in [0.717, 1.165) is 0 Å². The zero-order valence-electron chi connectivity index (χ0n) is 10.2. The Hall–Kier alpha value is -0.0400. The van der Waals surface area contributed by atoms with Gasteiger partial charge in [-0.25, -0.2) is 0 Å². The van der Waals surface area contributed by atoms with E-state index in [9.17, 15) is 0 Å². The molecule has 80 valence electrons. The van der Waals surface area contributed by atoms with Crippen LogP contribution in [0.15, 0.2) is 0 Å². The Labute approximate surface area is 84.5 Å². The van der Waals surface area contributed by atoms with Crippen LogP contribution in [0.3, 0.4) is 0 Å². The molecule has 0 radical (unpaired) electrons. The van der Waals surface area contributed by atoms with Crippen molar-refractivity contribution in [3.05, 3.63) is 0 Å². The summed E-state index contributed by atoms with van der Waals surface area (Å²) in [6.45, 7) is 9.94. The molecule has 0 saturated carbocycles. The van der Waals surface area contributed by atoms with Gasteiger partial charge < -0.3 is 4.90 Å². The average molecular weight is 185 g/mol. The van der Waals surface area contributed by atoms with E-state index in [4.69, 9.17) is 0 Å². The lowest BCUT2D eigenvalue weighted by Gasteiger charge is -2.35. The van der Waals surface area contributed by atoms with Crippen LogP contribution in [0.5, 0.6) is 0 Å². The van der Waals surface area contributed by atoms with E-state index >= 15 is 0 Å². The molecule has 1 atom stereocenters. The molecule has 1 rings (SSSR count). The summed E-state index contributed by atoms with van der Waals surface area (Å²) in [5.41, 5.74) is 0.578. The fourth-order valence-corrected chi connectivity index (χ4v) is 2.48. The van der Waals surface area contributed by atoms with Crippen molar-refractivity contribution in [2.75, 3.05) is 13.6 Å². The van der Waals surface area contributed by atoms with Crippen molar-refractivity contribution in [1.29, 1.82) is 0 Å². The maximum atomic E-state index is 2.57. The average Bonchev–Trinajstić information content (AvgIpc) is 2.53. The highest BCUT2D eigenvalue weighted by Gasteiger charge is 2.35. The van der Waals surface area contributed by atoms with E-state index in [-0.39, 0.29) is 0 Å². The molecule has 1 unspecified atom stereocenters. The summed E-state index contributed by atoms with van der Waals surface area (Å²) in [6, 6.07) is 0. The summed E-state index contributed by atoms with van der Waals surface area (Å²) in [5.74, 6) is 0. The van der Waals surface area contributed by atoms with Gasteiger partial charge in [0, 0.05) is 5.54 Å². The fourth-order valence-electron chi connectivity index (χ4n) is 2.48. The van der Waals surface area contributed by atoms with E-state index in [1.165, 1.54) is 38.6 Å². The Balaban J connectivity index is 0.000000671. The van der Waals surface area contributed by atoms with Crippen LogP contribution >= 0.6 is 0 Å². The molecule has 0 N–H and O–H groups in total. The highest BCUT2D eigenvalue weighted by atomic mass is 15.2. The van der Waals surface area contributed by atoms with Crippen molar-refractivity contribution in [3.63, 3.8) is 0 Å². The zero-order chi connectivity index (χ0) is 10.3. The first-order chi connectivity index (χ1) is 6.25. The molecule has 1 aliphatic heterocycles. The molecular formula is C12H27N. The van der Waals surface area contributed by atoms with Crippen molar-refractivity contribution >= 4 is 0 Å². The lowest BCUT2D eigenvalue weighted by atomic mass is 9.88. The van der Waals surface area contributed by atoms with Gasteiger partial charge in [0.15, 0.2) is 0 Å². The van der Waals surface area contributed by atoms with E-state index < -0.39 is 0 Å². The van der Waals surface area contributed by atoms with Gasteiger partial charge in [-0.1, -0.05) is 34.1 Å². The van der Waals surface area contributed by atoms with E-state index in [2.05, 4.69) is 25.8 Å². The van der Waals surface area contributed by atoms with Gasteiger partial charge in [0.05, 0.1) is 0 Å². The van der Waals surface area contributed by atoms with Crippen molar-refractivity contribution in [2.24, 2.45) is 0 Å². The van der Waals surface area contributed by atoms with Gasteiger partial charge >= 0.3 is 0 Å². The van der Waals surface area contributed by atoms with Crippen LogP contribution in [0.25, 0.3) is 0 Å². The lowest BCUT2D eigenvalue weighted by molar-refractivity contribution is 0.153. The number of hydrogen-bond acceptors (Lipinski definition) is 1. The first-order valence-electron chi connectivity index (χ1n) is 5.96. The lowest BCUT2D eigenvalue weighted by Crippen LogP contribution is -2.40. The molecule has 0 amide bonds. The summed E-state index contributed by atoms with van der Waals surface area (Å²) in [7, 11) is 2.28. The van der Waals surface area contributed by atoms with Crippen LogP contribution in [-0.2, 0) is 0 Å². The molecule has 0 bridgehead atoms. The standard InChI is InChI=1S/C10H21N.C2H6/c1-4-7-10(5-2)8-6-9-11(10)3;1-2/h4-9H2,1-3H3;1-2H3. The topological polar surface area (TPSA) is 3.24 Å². The molecule has 1 aliphatic rings. The maximum absolute atomic E-state index is 2.57. The highest BCUT2D eigenvalue weighted by Crippen LogP contribution is 2.34. The molecule has 1 fully saturated rings. The second-order valence-electron chi connectivity index (χ2n) is 3.85. The largest absolute Gasteiger partial charge is 0.301 e. The SMILES string of the molecule is CC.CCCC1(CC)CCCN1C. The second-order valence-corrected chi connectivity index (χ2v) is 3.85. The summed E-state index contributed by atoms with van der Waals surface area (Å²) in [5, 5.41) is 0. The van der Waals surface area contributed by atoms with Crippen LogP contribution in [-0.4, -0.2) is 24.0 Å². The Kier molecular flexibility index (Phi) is 6.40. The smallest absolute Gasteiger partial charge is 0.0204 e. The molecule has 1 saturated heterocycles. The highest BCUT2D eigenvalue weighted by molar-refractivity contribution is 4.92. The van der Waals surface area contributed by atoms with Gasteiger partial charge in [0.25, 0.3) is 0 Å². The molecular weight excluding hydrogens is 158 g/mol. The molecule has 0 aliphatic carbocycles. The third-order valence-corrected chi connectivity index (χ3v) is 3.32. The predicted octanol–water partition coefficient (Wildman–Crippen LogP) is 3.69. The van der Waals surface area contributed by atoms with E-state index in [1.807, 2.05) is 13.8 Å². The normalized spacial score (nSPS) is 28.4. The van der Waals surface area contributed by atoms with Gasteiger partial charge in [-0.15, -0.1) is 0 Å². The molecule has 1 nitrogen and oxygen atoms in total. The quantitative estimate of drug-likeness (QED) is 0.648. The minimum atomic E-state index is 0.578. The fraction of sp³-hybridized carbons (Fsp3) is 1.00. The number of rotatable bonds is 3. The molecule has 0 aromatic rings. The first kappa shape index (κ1) is 13.0. The van der Waals surface area contributed by atoms with Crippen molar-refractivity contribution in [2.45, 2.75) is 65.3 Å². The molecule has 13 heavy (non-hydrogen) atoms. The van der Waals surface area contributed by atoms with Crippen molar-refractivity contribution in [1.82, 2.24) is 4.90 Å².